The summed E-state index contributed by atoms with van der Waals surface area (Å²) < 4.78 is 0. The fourth-order valence-electron chi connectivity index (χ4n) is 5.24. The van der Waals surface area contributed by atoms with E-state index in [0.29, 0.717) is 0 Å². The second-order valence-electron chi connectivity index (χ2n) is 9.56. The van der Waals surface area contributed by atoms with Crippen LogP contribution in [0.15, 0.2) is 48.8 Å². The Labute approximate surface area is 202 Å². The second-order valence-corrected chi connectivity index (χ2v) is 9.56. The van der Waals surface area contributed by atoms with Crippen LogP contribution in [0, 0.1) is 0 Å². The number of hydrogen-bond donors (Lipinski definition) is 3. The van der Waals surface area contributed by atoms with Gasteiger partial charge in [0.25, 0.3) is 0 Å². The highest BCUT2D eigenvalue weighted by Gasteiger charge is 2.25. The molecule has 9 heteroatoms. The van der Waals surface area contributed by atoms with E-state index in [-0.39, 0.29) is 6.04 Å². The van der Waals surface area contributed by atoms with E-state index in [1.54, 1.807) is 12.4 Å². The van der Waals surface area contributed by atoms with Crippen molar-refractivity contribution < 1.29 is 0 Å². The Kier molecular flexibility index (Phi) is 4.70. The number of fused-ring (bicyclic) bond motifs is 2. The molecule has 4 N–H and O–H groups in total. The number of hydrogen-bond acceptors (Lipinski definition) is 7. The van der Waals surface area contributed by atoms with Gasteiger partial charge in [0, 0.05) is 48.8 Å². The lowest BCUT2D eigenvalue weighted by Gasteiger charge is -2.37. The third-order valence-electron chi connectivity index (χ3n) is 7.12. The summed E-state index contributed by atoms with van der Waals surface area (Å²) in [4.78, 5) is 22.4. The summed E-state index contributed by atoms with van der Waals surface area (Å²) in [5.74, 6) is 0.833. The molecule has 1 aromatic carbocycles. The highest BCUT2D eigenvalue weighted by molar-refractivity contribution is 5.99. The van der Waals surface area contributed by atoms with Gasteiger partial charge in [0.15, 0.2) is 0 Å². The summed E-state index contributed by atoms with van der Waals surface area (Å²) >= 11 is 0. The van der Waals surface area contributed by atoms with Crippen LogP contribution in [0.3, 0.4) is 0 Å². The van der Waals surface area contributed by atoms with Crippen LogP contribution in [0.1, 0.15) is 19.3 Å². The zero-order valence-electron chi connectivity index (χ0n) is 19.4. The summed E-state index contributed by atoms with van der Waals surface area (Å²) in [5, 5.41) is 8.99. The molecule has 35 heavy (non-hydrogen) atoms. The summed E-state index contributed by atoms with van der Waals surface area (Å²) in [6.45, 7) is 3.82. The molecule has 0 radical (unpaired) electrons. The highest BCUT2D eigenvalue weighted by Crippen LogP contribution is 2.34. The number of nitrogens with two attached hydrogens (primary N) is 1. The van der Waals surface area contributed by atoms with Gasteiger partial charge in [0.2, 0.25) is 0 Å². The smallest absolute Gasteiger partial charge is 0.147 e. The molecule has 9 nitrogen and oxygen atoms in total. The number of aromatic amines is 2. The average Bonchev–Trinajstić information content (AvgIpc) is 3.51. The lowest BCUT2D eigenvalue weighted by molar-refractivity contribution is 0.514. The number of nitrogens with zero attached hydrogens (tertiary/aromatic N) is 6. The molecule has 7 rings (SSSR count). The van der Waals surface area contributed by atoms with Gasteiger partial charge in [0.1, 0.15) is 22.7 Å². The predicted octanol–water partition coefficient (Wildman–Crippen LogP) is 3.70. The standard InChI is InChI=1S/C26H27N9/c27-16-14-35(15-16)24-13-28-12-22(30-24)19-7-8-20-25(31-19)26(33-32-20)21-11-17-18(29-21)5-4-6-23(17)34-9-2-1-3-10-34/h4-8,11-13,16,29H,1-3,9-10,14-15,27H2,(H,32,33). The van der Waals surface area contributed by atoms with Crippen molar-refractivity contribution >= 4 is 33.4 Å². The lowest BCUT2D eigenvalue weighted by Crippen LogP contribution is -2.56. The largest absolute Gasteiger partial charge is 0.371 e. The zero-order chi connectivity index (χ0) is 23.4. The van der Waals surface area contributed by atoms with Crippen molar-refractivity contribution in [1.82, 2.24) is 30.1 Å². The first-order chi connectivity index (χ1) is 17.2. The minimum Gasteiger partial charge on any atom is -0.371 e. The van der Waals surface area contributed by atoms with Gasteiger partial charge in [-0.15, -0.1) is 0 Å². The molecular formula is C26H27N9. The fraction of sp³-hybridized carbons (Fsp3) is 0.308. The van der Waals surface area contributed by atoms with Gasteiger partial charge in [-0.05, 0) is 49.6 Å². The summed E-state index contributed by atoms with van der Waals surface area (Å²) in [5.41, 5.74) is 13.3. The monoisotopic (exact) mass is 465 g/mol. The Morgan fingerprint density at radius 1 is 0.886 bits per heavy atom. The molecule has 0 aliphatic carbocycles. The maximum absolute atomic E-state index is 5.94. The summed E-state index contributed by atoms with van der Waals surface area (Å²) in [7, 11) is 0. The normalized spacial score (nSPS) is 16.8. The van der Waals surface area contributed by atoms with Crippen molar-refractivity contribution in [2.45, 2.75) is 25.3 Å². The molecule has 0 spiro atoms. The third kappa shape index (κ3) is 3.50. The van der Waals surface area contributed by atoms with Gasteiger partial charge in [0.05, 0.1) is 29.3 Å². The number of piperidine rings is 1. The molecule has 0 saturated carbocycles. The van der Waals surface area contributed by atoms with Gasteiger partial charge < -0.3 is 20.5 Å². The number of anilines is 2. The Balaban J connectivity index is 1.28. The Bertz CT molecular complexity index is 1520. The Morgan fingerprint density at radius 3 is 2.63 bits per heavy atom. The third-order valence-corrected chi connectivity index (χ3v) is 7.12. The van der Waals surface area contributed by atoms with E-state index in [1.165, 1.54) is 30.3 Å². The van der Waals surface area contributed by atoms with Crippen LogP contribution < -0.4 is 15.5 Å². The molecule has 4 aromatic heterocycles. The molecule has 0 amide bonds. The van der Waals surface area contributed by atoms with Gasteiger partial charge >= 0.3 is 0 Å². The molecule has 0 atom stereocenters. The van der Waals surface area contributed by atoms with E-state index in [1.807, 2.05) is 12.1 Å². The minimum absolute atomic E-state index is 0.204. The Morgan fingerprint density at radius 2 is 1.77 bits per heavy atom. The number of benzene rings is 1. The van der Waals surface area contributed by atoms with Gasteiger partial charge in [-0.3, -0.25) is 10.1 Å². The van der Waals surface area contributed by atoms with Crippen molar-refractivity contribution in [3.8, 4) is 22.8 Å². The van der Waals surface area contributed by atoms with Crippen LogP contribution in [0.5, 0.6) is 0 Å². The number of H-pyrrole nitrogens is 2. The SMILES string of the molecule is NC1CN(c2cncc(-c3ccc4[nH]nc(-c5cc6c(N7CCCCC7)cccc6[nH]5)c4n3)n2)C1. The molecule has 2 aliphatic rings. The maximum atomic E-state index is 5.94. The van der Waals surface area contributed by atoms with E-state index < -0.39 is 0 Å². The van der Waals surface area contributed by atoms with Crippen LogP contribution in [-0.4, -0.2) is 62.4 Å². The molecular weight excluding hydrogens is 438 g/mol. The predicted molar refractivity (Wildman–Crippen MR) is 138 cm³/mol. The topological polar surface area (TPSA) is 116 Å². The van der Waals surface area contributed by atoms with E-state index in [0.717, 1.165) is 71.3 Å². The maximum Gasteiger partial charge on any atom is 0.147 e. The van der Waals surface area contributed by atoms with Crippen molar-refractivity contribution in [3.63, 3.8) is 0 Å². The molecule has 2 fully saturated rings. The molecule has 176 valence electrons. The molecule has 6 heterocycles. The van der Waals surface area contributed by atoms with Crippen molar-refractivity contribution in [3.05, 3.63) is 48.8 Å². The summed E-state index contributed by atoms with van der Waals surface area (Å²) in [6.07, 6.45) is 7.35. The second kappa shape index (κ2) is 8.06. The quantitative estimate of drug-likeness (QED) is 0.371. The average molecular weight is 466 g/mol. The van der Waals surface area contributed by atoms with Crippen molar-refractivity contribution in [1.29, 1.82) is 0 Å². The van der Waals surface area contributed by atoms with Gasteiger partial charge in [-0.25, -0.2) is 9.97 Å². The first-order valence-electron chi connectivity index (χ1n) is 12.3. The fourth-order valence-corrected chi connectivity index (χ4v) is 5.24. The van der Waals surface area contributed by atoms with Crippen LogP contribution in [-0.2, 0) is 0 Å². The lowest BCUT2D eigenvalue weighted by atomic mass is 10.1. The van der Waals surface area contributed by atoms with Gasteiger partial charge in [-0.1, -0.05) is 6.07 Å². The molecule has 5 aromatic rings. The van der Waals surface area contributed by atoms with E-state index in [9.17, 15) is 0 Å². The Hall–Kier alpha value is -3.98. The van der Waals surface area contributed by atoms with Crippen molar-refractivity contribution in [2.24, 2.45) is 5.73 Å². The number of aromatic nitrogens is 6. The number of rotatable bonds is 4. The molecule has 2 aliphatic heterocycles. The molecule has 2 saturated heterocycles. The van der Waals surface area contributed by atoms with Crippen LogP contribution in [0.25, 0.3) is 44.7 Å². The first-order valence-corrected chi connectivity index (χ1v) is 12.3. The zero-order valence-corrected chi connectivity index (χ0v) is 19.4. The van der Waals surface area contributed by atoms with E-state index >= 15 is 0 Å². The van der Waals surface area contributed by atoms with E-state index in [2.05, 4.69) is 54.2 Å². The minimum atomic E-state index is 0.204. The van der Waals surface area contributed by atoms with E-state index in [4.69, 9.17) is 15.7 Å². The highest BCUT2D eigenvalue weighted by atomic mass is 15.3. The first kappa shape index (κ1) is 20.4. The van der Waals surface area contributed by atoms with Crippen LogP contribution >= 0.6 is 0 Å². The van der Waals surface area contributed by atoms with Crippen molar-refractivity contribution in [2.75, 3.05) is 36.0 Å². The summed E-state index contributed by atoms with van der Waals surface area (Å²) in [6, 6.07) is 12.8. The number of nitrogens with one attached hydrogen (secondary N) is 2. The molecule has 0 unspecified atom stereocenters. The van der Waals surface area contributed by atoms with Crippen LogP contribution in [0.2, 0.25) is 0 Å². The molecule has 0 bridgehead atoms. The van der Waals surface area contributed by atoms with Gasteiger partial charge in [-0.2, -0.15) is 5.10 Å². The van der Waals surface area contributed by atoms with Crippen LogP contribution in [0.4, 0.5) is 11.5 Å². The number of pyridine rings is 1.